The molecule has 4 heteroatoms. The third-order valence-corrected chi connectivity index (χ3v) is 4.74. The summed E-state index contributed by atoms with van der Waals surface area (Å²) in [6.07, 6.45) is 5.85. The minimum Gasteiger partial charge on any atom is -0.464 e. The average Bonchev–Trinajstić information content (AvgIpc) is 3.01. The Bertz CT molecular complexity index is 872. The molecule has 126 valence electrons. The van der Waals surface area contributed by atoms with E-state index in [1.54, 1.807) is 23.3 Å². The Morgan fingerprint density at radius 2 is 1.92 bits per heavy atom. The first-order valence-corrected chi connectivity index (χ1v) is 8.40. The van der Waals surface area contributed by atoms with Crippen LogP contribution in [0.15, 0.2) is 66.4 Å². The number of rotatable bonds is 2. The molecule has 2 aliphatic rings. The SMILES string of the molecule is O=C(C1=Cc2ccccc2OC=C1)N1CC[C@@H](c2ccccc2F)C1. The number of halogens is 1. The van der Waals surface area contributed by atoms with E-state index in [1.165, 1.54) is 6.07 Å². The van der Waals surface area contributed by atoms with Gasteiger partial charge in [-0.05, 0) is 36.3 Å². The lowest BCUT2D eigenvalue weighted by Crippen LogP contribution is -2.29. The Labute approximate surface area is 146 Å². The van der Waals surface area contributed by atoms with Crippen LogP contribution >= 0.6 is 0 Å². The van der Waals surface area contributed by atoms with Gasteiger partial charge in [0.1, 0.15) is 11.6 Å². The van der Waals surface area contributed by atoms with Gasteiger partial charge in [0.2, 0.25) is 0 Å². The number of ether oxygens (including phenoxy) is 1. The highest BCUT2D eigenvalue weighted by atomic mass is 19.1. The van der Waals surface area contributed by atoms with Gasteiger partial charge in [-0.1, -0.05) is 36.4 Å². The van der Waals surface area contributed by atoms with Gasteiger partial charge in [0.25, 0.3) is 5.91 Å². The number of hydrogen-bond donors (Lipinski definition) is 0. The monoisotopic (exact) mass is 335 g/mol. The number of carbonyl (C=O) groups excluding carboxylic acids is 1. The van der Waals surface area contributed by atoms with Crippen molar-refractivity contribution in [1.29, 1.82) is 0 Å². The van der Waals surface area contributed by atoms with E-state index in [0.717, 1.165) is 17.7 Å². The van der Waals surface area contributed by atoms with Crippen LogP contribution < -0.4 is 4.74 Å². The van der Waals surface area contributed by atoms with Crippen LogP contribution in [-0.2, 0) is 4.79 Å². The highest BCUT2D eigenvalue weighted by Gasteiger charge is 2.30. The molecule has 0 spiro atoms. The normalized spacial score (nSPS) is 19.0. The number of likely N-dealkylation sites (tertiary alicyclic amines) is 1. The zero-order valence-corrected chi connectivity index (χ0v) is 13.7. The predicted octanol–water partition coefficient (Wildman–Crippen LogP) is 4.13. The molecule has 1 atom stereocenters. The van der Waals surface area contributed by atoms with Gasteiger partial charge in [-0.2, -0.15) is 0 Å². The number of nitrogens with zero attached hydrogens (tertiary/aromatic N) is 1. The maximum Gasteiger partial charge on any atom is 0.254 e. The summed E-state index contributed by atoms with van der Waals surface area (Å²) in [6.45, 7) is 1.17. The second-order valence-electron chi connectivity index (χ2n) is 6.32. The lowest BCUT2D eigenvalue weighted by Gasteiger charge is -2.17. The average molecular weight is 335 g/mol. The van der Waals surface area contributed by atoms with Crippen LogP contribution in [-0.4, -0.2) is 23.9 Å². The number of amides is 1. The Balaban J connectivity index is 1.54. The van der Waals surface area contributed by atoms with Gasteiger partial charge in [0.05, 0.1) is 6.26 Å². The summed E-state index contributed by atoms with van der Waals surface area (Å²) in [7, 11) is 0. The van der Waals surface area contributed by atoms with E-state index in [4.69, 9.17) is 4.74 Å². The number of hydrogen-bond acceptors (Lipinski definition) is 2. The Morgan fingerprint density at radius 1 is 1.12 bits per heavy atom. The molecule has 0 saturated carbocycles. The Hall–Kier alpha value is -2.88. The molecule has 0 N–H and O–H groups in total. The van der Waals surface area contributed by atoms with Crippen molar-refractivity contribution in [1.82, 2.24) is 4.90 Å². The molecule has 25 heavy (non-hydrogen) atoms. The molecule has 0 bridgehead atoms. The first-order chi connectivity index (χ1) is 12.2. The van der Waals surface area contributed by atoms with Crippen LogP contribution in [0.2, 0.25) is 0 Å². The minimum absolute atomic E-state index is 0.0454. The molecule has 0 radical (unpaired) electrons. The van der Waals surface area contributed by atoms with E-state index in [2.05, 4.69) is 0 Å². The summed E-state index contributed by atoms with van der Waals surface area (Å²) in [5.41, 5.74) is 2.15. The molecule has 4 rings (SSSR count). The Kier molecular flexibility index (Phi) is 4.10. The molecule has 1 amide bonds. The van der Waals surface area contributed by atoms with E-state index in [0.29, 0.717) is 24.2 Å². The maximum atomic E-state index is 14.0. The molecular formula is C21H18FNO2. The van der Waals surface area contributed by atoms with Crippen LogP contribution in [0.1, 0.15) is 23.5 Å². The fraction of sp³-hybridized carbons (Fsp3) is 0.190. The molecular weight excluding hydrogens is 317 g/mol. The number of carbonyl (C=O) groups is 1. The number of fused-ring (bicyclic) bond motifs is 1. The van der Waals surface area contributed by atoms with Crippen molar-refractivity contribution in [2.75, 3.05) is 13.1 Å². The van der Waals surface area contributed by atoms with E-state index in [1.807, 2.05) is 42.5 Å². The van der Waals surface area contributed by atoms with Crippen molar-refractivity contribution in [2.24, 2.45) is 0 Å². The molecule has 0 aliphatic carbocycles. The zero-order valence-electron chi connectivity index (χ0n) is 13.7. The third kappa shape index (κ3) is 3.07. The molecule has 3 nitrogen and oxygen atoms in total. The highest BCUT2D eigenvalue weighted by Crippen LogP contribution is 2.31. The molecule has 2 aromatic rings. The number of para-hydroxylation sites is 1. The van der Waals surface area contributed by atoms with Gasteiger partial charge < -0.3 is 9.64 Å². The second kappa shape index (κ2) is 6.55. The maximum absolute atomic E-state index is 14.0. The van der Waals surface area contributed by atoms with Gasteiger partial charge >= 0.3 is 0 Å². The fourth-order valence-electron chi connectivity index (χ4n) is 3.42. The van der Waals surface area contributed by atoms with Gasteiger partial charge in [0, 0.05) is 30.1 Å². The van der Waals surface area contributed by atoms with Gasteiger partial charge in [-0.3, -0.25) is 4.79 Å². The molecule has 0 aromatic heterocycles. The third-order valence-electron chi connectivity index (χ3n) is 4.74. The zero-order chi connectivity index (χ0) is 17.2. The van der Waals surface area contributed by atoms with Crippen molar-refractivity contribution < 1.29 is 13.9 Å². The van der Waals surface area contributed by atoms with Crippen molar-refractivity contribution in [2.45, 2.75) is 12.3 Å². The Morgan fingerprint density at radius 3 is 2.80 bits per heavy atom. The number of benzene rings is 2. The smallest absolute Gasteiger partial charge is 0.254 e. The van der Waals surface area contributed by atoms with Crippen molar-refractivity contribution in [3.05, 3.63) is 83.4 Å². The van der Waals surface area contributed by atoms with Crippen LogP contribution in [0.5, 0.6) is 5.75 Å². The molecule has 2 aromatic carbocycles. The first-order valence-electron chi connectivity index (χ1n) is 8.40. The topological polar surface area (TPSA) is 29.5 Å². The van der Waals surface area contributed by atoms with Crippen molar-refractivity contribution in [3.8, 4) is 5.75 Å². The van der Waals surface area contributed by atoms with Crippen LogP contribution in [0.4, 0.5) is 4.39 Å². The summed E-state index contributed by atoms with van der Waals surface area (Å²) >= 11 is 0. The van der Waals surface area contributed by atoms with Gasteiger partial charge in [-0.25, -0.2) is 4.39 Å². The van der Waals surface area contributed by atoms with Crippen LogP contribution in [0.25, 0.3) is 6.08 Å². The van der Waals surface area contributed by atoms with Gasteiger partial charge in [0.15, 0.2) is 0 Å². The lowest BCUT2D eigenvalue weighted by atomic mass is 9.98. The minimum atomic E-state index is -0.197. The highest BCUT2D eigenvalue weighted by molar-refractivity contribution is 6.01. The summed E-state index contributed by atoms with van der Waals surface area (Å²) in [5, 5.41) is 0. The van der Waals surface area contributed by atoms with Crippen molar-refractivity contribution in [3.63, 3.8) is 0 Å². The van der Waals surface area contributed by atoms with E-state index in [9.17, 15) is 9.18 Å². The second-order valence-corrected chi connectivity index (χ2v) is 6.32. The fourth-order valence-corrected chi connectivity index (χ4v) is 3.42. The molecule has 1 fully saturated rings. The summed E-state index contributed by atoms with van der Waals surface area (Å²) in [5.74, 6) is 0.532. The summed E-state index contributed by atoms with van der Waals surface area (Å²) in [4.78, 5) is 14.7. The molecule has 0 unspecified atom stereocenters. The summed E-state index contributed by atoms with van der Waals surface area (Å²) in [6, 6.07) is 14.4. The van der Waals surface area contributed by atoms with Crippen LogP contribution in [0.3, 0.4) is 0 Å². The first kappa shape index (κ1) is 15.6. The van der Waals surface area contributed by atoms with Crippen LogP contribution in [0, 0.1) is 5.82 Å². The molecule has 1 saturated heterocycles. The van der Waals surface area contributed by atoms with E-state index in [-0.39, 0.29) is 17.6 Å². The standard InChI is InChI=1S/C21H18FNO2/c22-19-7-3-2-6-18(19)17-9-11-23(14-17)21(24)16-10-12-25-20-8-4-1-5-15(20)13-16/h1-8,10,12-13,17H,9,11,14H2/t17-/m1/s1. The van der Waals surface area contributed by atoms with E-state index >= 15 is 0 Å². The molecule has 2 heterocycles. The largest absolute Gasteiger partial charge is 0.464 e. The van der Waals surface area contributed by atoms with Crippen molar-refractivity contribution >= 4 is 12.0 Å². The molecule has 2 aliphatic heterocycles. The van der Waals surface area contributed by atoms with E-state index < -0.39 is 0 Å². The lowest BCUT2D eigenvalue weighted by molar-refractivity contribution is -0.125. The van der Waals surface area contributed by atoms with Gasteiger partial charge in [-0.15, -0.1) is 0 Å². The predicted molar refractivity (Wildman–Crippen MR) is 94.5 cm³/mol. The quantitative estimate of drug-likeness (QED) is 0.826. The summed E-state index contributed by atoms with van der Waals surface area (Å²) < 4.78 is 19.5.